The fourth-order valence-electron chi connectivity index (χ4n) is 3.64. The van der Waals surface area contributed by atoms with Crippen molar-refractivity contribution in [3.05, 3.63) is 35.9 Å². The van der Waals surface area contributed by atoms with Crippen molar-refractivity contribution in [3.8, 4) is 0 Å². The van der Waals surface area contributed by atoms with Gasteiger partial charge in [0.05, 0.1) is 0 Å². The quantitative estimate of drug-likeness (QED) is 0.846. The maximum atomic E-state index is 12.6. The van der Waals surface area contributed by atoms with E-state index >= 15 is 0 Å². The minimum atomic E-state index is 0.266. The molecule has 0 spiro atoms. The Kier molecular flexibility index (Phi) is 5.68. The molecule has 4 nitrogen and oxygen atoms in total. The number of piperazine rings is 1. The van der Waals surface area contributed by atoms with Crippen molar-refractivity contribution >= 4 is 5.91 Å². The Morgan fingerprint density at radius 1 is 1.00 bits per heavy atom. The molecule has 0 unspecified atom stereocenters. The third kappa shape index (κ3) is 4.55. The molecule has 23 heavy (non-hydrogen) atoms. The number of hydrogen-bond acceptors (Lipinski definition) is 3. The molecule has 0 atom stereocenters. The average Bonchev–Trinajstić information content (AvgIpc) is 2.61. The Bertz CT molecular complexity index is 489. The average molecular weight is 315 g/mol. The minimum Gasteiger partial charge on any atom is -0.340 e. The molecule has 0 aliphatic carbocycles. The van der Waals surface area contributed by atoms with Gasteiger partial charge >= 0.3 is 0 Å². The first-order valence-corrected chi connectivity index (χ1v) is 8.96. The largest absolute Gasteiger partial charge is 0.340 e. The van der Waals surface area contributed by atoms with E-state index in [4.69, 9.17) is 0 Å². The summed E-state index contributed by atoms with van der Waals surface area (Å²) < 4.78 is 0. The second-order valence-electron chi connectivity index (χ2n) is 6.98. The molecule has 0 saturated carbocycles. The molecule has 2 fully saturated rings. The molecule has 2 heterocycles. The standard InChI is InChI=1S/C19H29N3O/c1-20-10-8-18(9-11-20)19(23)22-15-13-21(14-16-22)12-7-17-5-3-2-4-6-17/h2-6,18H,7-16H2,1H3. The molecule has 1 amide bonds. The highest BCUT2D eigenvalue weighted by Gasteiger charge is 2.29. The van der Waals surface area contributed by atoms with Crippen LogP contribution in [0.3, 0.4) is 0 Å². The van der Waals surface area contributed by atoms with Crippen LogP contribution in [0.2, 0.25) is 0 Å². The molecule has 1 aromatic rings. The number of carbonyl (C=O) groups is 1. The van der Waals surface area contributed by atoms with E-state index in [0.717, 1.165) is 65.1 Å². The number of benzene rings is 1. The molecule has 0 aromatic heterocycles. The molecule has 126 valence electrons. The normalized spacial score (nSPS) is 21.5. The van der Waals surface area contributed by atoms with Crippen LogP contribution >= 0.6 is 0 Å². The topological polar surface area (TPSA) is 26.8 Å². The predicted molar refractivity (Wildman–Crippen MR) is 93.4 cm³/mol. The summed E-state index contributed by atoms with van der Waals surface area (Å²) in [5, 5.41) is 0. The maximum absolute atomic E-state index is 12.6. The van der Waals surface area contributed by atoms with Crippen LogP contribution in [0.25, 0.3) is 0 Å². The zero-order valence-electron chi connectivity index (χ0n) is 14.3. The molecular formula is C19H29N3O. The van der Waals surface area contributed by atoms with E-state index in [1.54, 1.807) is 0 Å². The number of rotatable bonds is 4. The van der Waals surface area contributed by atoms with Crippen LogP contribution in [-0.4, -0.2) is 73.5 Å². The summed E-state index contributed by atoms with van der Waals surface area (Å²) >= 11 is 0. The fraction of sp³-hybridized carbons (Fsp3) is 0.632. The Hall–Kier alpha value is -1.39. The third-order valence-electron chi connectivity index (χ3n) is 5.31. The molecule has 2 aliphatic rings. The maximum Gasteiger partial charge on any atom is 0.225 e. The number of hydrogen-bond donors (Lipinski definition) is 0. The zero-order chi connectivity index (χ0) is 16.1. The van der Waals surface area contributed by atoms with E-state index in [9.17, 15) is 4.79 Å². The molecule has 2 saturated heterocycles. The molecule has 4 heteroatoms. The molecule has 0 N–H and O–H groups in total. The highest BCUT2D eigenvalue weighted by atomic mass is 16.2. The van der Waals surface area contributed by atoms with E-state index in [2.05, 4.69) is 52.1 Å². The van der Waals surface area contributed by atoms with E-state index in [1.807, 2.05) is 0 Å². The Balaban J connectivity index is 1.40. The Morgan fingerprint density at radius 3 is 2.30 bits per heavy atom. The monoisotopic (exact) mass is 315 g/mol. The van der Waals surface area contributed by atoms with Gasteiger partial charge in [0.25, 0.3) is 0 Å². The zero-order valence-corrected chi connectivity index (χ0v) is 14.3. The number of carbonyl (C=O) groups excluding carboxylic acids is 1. The summed E-state index contributed by atoms with van der Waals surface area (Å²) in [4.78, 5) is 19.6. The van der Waals surface area contributed by atoms with Gasteiger partial charge in [-0.25, -0.2) is 0 Å². The van der Waals surface area contributed by atoms with Crippen molar-refractivity contribution in [1.82, 2.24) is 14.7 Å². The molecule has 1 aromatic carbocycles. The summed E-state index contributed by atoms with van der Waals surface area (Å²) in [5.74, 6) is 0.669. The van der Waals surface area contributed by atoms with E-state index in [1.165, 1.54) is 5.56 Å². The van der Waals surface area contributed by atoms with Gasteiger partial charge in [0.1, 0.15) is 0 Å². The van der Waals surface area contributed by atoms with Gasteiger partial charge in [-0.05, 0) is 45.0 Å². The van der Waals surface area contributed by atoms with Crippen molar-refractivity contribution in [3.63, 3.8) is 0 Å². The van der Waals surface area contributed by atoms with Crippen LogP contribution < -0.4 is 0 Å². The van der Waals surface area contributed by atoms with Crippen LogP contribution in [0.15, 0.2) is 30.3 Å². The number of amides is 1. The SMILES string of the molecule is CN1CCC(C(=O)N2CCN(CCc3ccccc3)CC2)CC1. The lowest BCUT2D eigenvalue weighted by Crippen LogP contribution is -2.51. The van der Waals surface area contributed by atoms with E-state index in [0.29, 0.717) is 5.91 Å². The van der Waals surface area contributed by atoms with Gasteiger partial charge in [0, 0.05) is 38.6 Å². The molecule has 2 aliphatic heterocycles. The lowest BCUT2D eigenvalue weighted by Gasteiger charge is -2.38. The van der Waals surface area contributed by atoms with Gasteiger partial charge < -0.3 is 9.80 Å². The first kappa shape index (κ1) is 16.5. The van der Waals surface area contributed by atoms with E-state index in [-0.39, 0.29) is 5.92 Å². The van der Waals surface area contributed by atoms with E-state index < -0.39 is 0 Å². The van der Waals surface area contributed by atoms with Crippen molar-refractivity contribution in [2.75, 3.05) is 52.9 Å². The first-order valence-electron chi connectivity index (χ1n) is 8.96. The first-order chi connectivity index (χ1) is 11.2. The number of piperidine rings is 1. The predicted octanol–water partition coefficient (Wildman–Crippen LogP) is 1.72. The van der Waals surface area contributed by atoms with Crippen LogP contribution in [0, 0.1) is 5.92 Å². The highest BCUT2D eigenvalue weighted by molar-refractivity contribution is 5.79. The minimum absolute atomic E-state index is 0.266. The second kappa shape index (κ2) is 7.93. The van der Waals surface area contributed by atoms with Crippen LogP contribution in [0.1, 0.15) is 18.4 Å². The van der Waals surface area contributed by atoms with Crippen LogP contribution in [0.5, 0.6) is 0 Å². The van der Waals surface area contributed by atoms with Crippen LogP contribution in [0.4, 0.5) is 0 Å². The van der Waals surface area contributed by atoms with Crippen molar-refractivity contribution in [2.24, 2.45) is 5.92 Å². The second-order valence-corrected chi connectivity index (χ2v) is 6.98. The molecule has 3 rings (SSSR count). The number of nitrogens with zero attached hydrogens (tertiary/aromatic N) is 3. The van der Waals surface area contributed by atoms with Gasteiger partial charge in [0.2, 0.25) is 5.91 Å². The van der Waals surface area contributed by atoms with Gasteiger partial charge in [-0.3, -0.25) is 9.69 Å². The lowest BCUT2D eigenvalue weighted by molar-refractivity contribution is -0.138. The smallest absolute Gasteiger partial charge is 0.225 e. The number of likely N-dealkylation sites (tertiary alicyclic amines) is 1. The molecule has 0 bridgehead atoms. The van der Waals surface area contributed by atoms with Crippen molar-refractivity contribution in [2.45, 2.75) is 19.3 Å². The lowest BCUT2D eigenvalue weighted by atomic mass is 9.95. The summed E-state index contributed by atoms with van der Waals surface area (Å²) in [5.41, 5.74) is 1.40. The molecule has 0 radical (unpaired) electrons. The Labute approximate surface area is 140 Å². The summed E-state index contributed by atoms with van der Waals surface area (Å²) in [7, 11) is 2.15. The highest BCUT2D eigenvalue weighted by Crippen LogP contribution is 2.19. The van der Waals surface area contributed by atoms with Gasteiger partial charge in [-0.2, -0.15) is 0 Å². The Morgan fingerprint density at radius 2 is 1.65 bits per heavy atom. The third-order valence-corrected chi connectivity index (χ3v) is 5.31. The summed E-state index contributed by atoms with van der Waals surface area (Å²) in [6, 6.07) is 10.7. The van der Waals surface area contributed by atoms with Gasteiger partial charge in [-0.15, -0.1) is 0 Å². The molecular weight excluding hydrogens is 286 g/mol. The van der Waals surface area contributed by atoms with Gasteiger partial charge in [0.15, 0.2) is 0 Å². The van der Waals surface area contributed by atoms with Crippen LogP contribution in [-0.2, 0) is 11.2 Å². The van der Waals surface area contributed by atoms with Gasteiger partial charge in [-0.1, -0.05) is 30.3 Å². The van der Waals surface area contributed by atoms with Crippen molar-refractivity contribution < 1.29 is 4.79 Å². The van der Waals surface area contributed by atoms with Crippen molar-refractivity contribution in [1.29, 1.82) is 0 Å². The fourth-order valence-corrected chi connectivity index (χ4v) is 3.64. The summed E-state index contributed by atoms with van der Waals surface area (Å²) in [6.07, 6.45) is 3.16. The summed E-state index contributed by atoms with van der Waals surface area (Å²) in [6.45, 7) is 7.07.